The summed E-state index contributed by atoms with van der Waals surface area (Å²) in [5.41, 5.74) is 2.41. The molecule has 3 nitrogen and oxygen atoms in total. The van der Waals surface area contributed by atoms with E-state index in [2.05, 4.69) is 0 Å². The minimum atomic E-state index is -0.539. The molecular formula is C17H16FNO2. The first kappa shape index (κ1) is 15.0. The first-order valence-corrected chi connectivity index (χ1v) is 6.61. The fourth-order valence-corrected chi connectivity index (χ4v) is 2.00. The Morgan fingerprint density at radius 1 is 1.29 bits per heavy atom. The summed E-state index contributed by atoms with van der Waals surface area (Å²) in [6, 6.07) is 11.5. The quantitative estimate of drug-likeness (QED) is 0.933. The highest BCUT2D eigenvalue weighted by atomic mass is 19.1. The lowest BCUT2D eigenvalue weighted by molar-refractivity contribution is 0.199. The first-order valence-electron chi connectivity index (χ1n) is 6.61. The summed E-state index contributed by atoms with van der Waals surface area (Å²) in [6.45, 7) is 3.61. The van der Waals surface area contributed by atoms with Crippen molar-refractivity contribution in [3.05, 3.63) is 64.5 Å². The number of nitriles is 1. The van der Waals surface area contributed by atoms with Gasteiger partial charge in [0.1, 0.15) is 18.2 Å². The predicted octanol–water partition coefficient (Wildman–Crippen LogP) is 3.64. The number of nitrogens with zero attached hydrogens (tertiary/aromatic N) is 1. The standard InChI is InChI=1S/C17H16FNO2/c1-11-7-14(12(2)20)4-6-17(11)21-10-15-8-13(9-19)3-5-16(15)18/h3-8,12,20H,10H2,1-2H3/t12-/m0/s1. The lowest BCUT2D eigenvalue weighted by Crippen LogP contribution is -2.01. The van der Waals surface area contributed by atoms with Crippen molar-refractivity contribution in [2.24, 2.45) is 0 Å². The molecule has 0 aliphatic heterocycles. The number of benzene rings is 2. The van der Waals surface area contributed by atoms with Crippen LogP contribution in [0.5, 0.6) is 5.75 Å². The molecular weight excluding hydrogens is 269 g/mol. The molecule has 0 radical (unpaired) electrons. The van der Waals surface area contributed by atoms with Crippen LogP contribution in [0.3, 0.4) is 0 Å². The molecule has 0 amide bonds. The zero-order chi connectivity index (χ0) is 15.4. The Morgan fingerprint density at radius 3 is 2.67 bits per heavy atom. The van der Waals surface area contributed by atoms with E-state index < -0.39 is 11.9 Å². The molecule has 0 fully saturated rings. The third-order valence-corrected chi connectivity index (χ3v) is 3.24. The van der Waals surface area contributed by atoms with Crippen LogP contribution in [0.25, 0.3) is 0 Å². The molecule has 2 aromatic rings. The van der Waals surface area contributed by atoms with Crippen LogP contribution < -0.4 is 4.74 Å². The Labute approximate surface area is 123 Å². The first-order chi connectivity index (χ1) is 10.0. The normalized spacial score (nSPS) is 11.8. The number of hydrogen-bond acceptors (Lipinski definition) is 3. The van der Waals surface area contributed by atoms with E-state index in [4.69, 9.17) is 10.00 Å². The van der Waals surface area contributed by atoms with Crippen molar-refractivity contribution < 1.29 is 14.2 Å². The van der Waals surface area contributed by atoms with E-state index >= 15 is 0 Å². The summed E-state index contributed by atoms with van der Waals surface area (Å²) in [7, 11) is 0. The lowest BCUT2D eigenvalue weighted by atomic mass is 10.1. The van der Waals surface area contributed by atoms with Crippen LogP contribution in [0.1, 0.15) is 35.3 Å². The van der Waals surface area contributed by atoms with E-state index in [1.165, 1.54) is 18.2 Å². The van der Waals surface area contributed by atoms with Crippen molar-refractivity contribution in [3.63, 3.8) is 0 Å². The number of hydrogen-bond donors (Lipinski definition) is 1. The Bertz CT molecular complexity index is 690. The smallest absolute Gasteiger partial charge is 0.129 e. The summed E-state index contributed by atoms with van der Waals surface area (Å²) in [5, 5.41) is 18.3. The highest BCUT2D eigenvalue weighted by Crippen LogP contribution is 2.24. The van der Waals surface area contributed by atoms with E-state index in [1.807, 2.05) is 19.1 Å². The summed E-state index contributed by atoms with van der Waals surface area (Å²) >= 11 is 0. The van der Waals surface area contributed by atoms with E-state index in [0.717, 1.165) is 11.1 Å². The van der Waals surface area contributed by atoms with Gasteiger partial charge in [0.05, 0.1) is 17.7 Å². The van der Waals surface area contributed by atoms with Gasteiger partial charge in [-0.25, -0.2) is 4.39 Å². The van der Waals surface area contributed by atoms with Crippen LogP contribution in [0.4, 0.5) is 4.39 Å². The summed E-state index contributed by atoms with van der Waals surface area (Å²) < 4.78 is 19.3. The SMILES string of the molecule is Cc1cc([C@H](C)O)ccc1OCc1cc(C#N)ccc1F. The number of aliphatic hydroxyl groups is 1. The summed E-state index contributed by atoms with van der Waals surface area (Å²) in [6.07, 6.45) is -0.539. The minimum Gasteiger partial charge on any atom is -0.489 e. The zero-order valence-corrected chi connectivity index (χ0v) is 11.9. The molecule has 2 aromatic carbocycles. The van der Waals surface area contributed by atoms with Crippen molar-refractivity contribution in [1.82, 2.24) is 0 Å². The van der Waals surface area contributed by atoms with Gasteiger partial charge < -0.3 is 9.84 Å². The van der Waals surface area contributed by atoms with Crippen molar-refractivity contribution in [1.29, 1.82) is 5.26 Å². The van der Waals surface area contributed by atoms with Crippen molar-refractivity contribution >= 4 is 0 Å². The number of ether oxygens (including phenoxy) is 1. The molecule has 0 aromatic heterocycles. The topological polar surface area (TPSA) is 53.2 Å². The second-order valence-corrected chi connectivity index (χ2v) is 4.91. The Hall–Kier alpha value is -2.38. The number of rotatable bonds is 4. The fourth-order valence-electron chi connectivity index (χ4n) is 2.00. The van der Waals surface area contributed by atoms with Gasteiger partial charge in [-0.15, -0.1) is 0 Å². The molecule has 0 heterocycles. The average Bonchev–Trinajstić information content (AvgIpc) is 2.47. The predicted molar refractivity (Wildman–Crippen MR) is 77.3 cm³/mol. The van der Waals surface area contributed by atoms with E-state index in [1.54, 1.807) is 19.1 Å². The molecule has 2 rings (SSSR count). The average molecular weight is 285 g/mol. The maximum absolute atomic E-state index is 13.7. The molecule has 108 valence electrons. The zero-order valence-electron chi connectivity index (χ0n) is 11.9. The highest BCUT2D eigenvalue weighted by molar-refractivity contribution is 5.38. The molecule has 0 aliphatic rings. The molecule has 4 heteroatoms. The van der Waals surface area contributed by atoms with Crippen LogP contribution in [0.15, 0.2) is 36.4 Å². The maximum atomic E-state index is 13.7. The van der Waals surface area contributed by atoms with Gasteiger partial charge in [0, 0.05) is 5.56 Å². The molecule has 1 atom stereocenters. The number of aryl methyl sites for hydroxylation is 1. The van der Waals surface area contributed by atoms with Gasteiger partial charge >= 0.3 is 0 Å². The second kappa shape index (κ2) is 6.38. The monoisotopic (exact) mass is 285 g/mol. The fraction of sp³-hybridized carbons (Fsp3) is 0.235. The molecule has 0 spiro atoms. The Kier molecular flexibility index (Phi) is 4.56. The Morgan fingerprint density at radius 2 is 2.05 bits per heavy atom. The maximum Gasteiger partial charge on any atom is 0.129 e. The van der Waals surface area contributed by atoms with Gasteiger partial charge in [0.15, 0.2) is 0 Å². The van der Waals surface area contributed by atoms with Gasteiger partial charge in [-0.3, -0.25) is 0 Å². The molecule has 0 saturated carbocycles. The second-order valence-electron chi connectivity index (χ2n) is 4.91. The molecule has 1 N–H and O–H groups in total. The van der Waals surface area contributed by atoms with Crippen LogP contribution >= 0.6 is 0 Å². The summed E-state index contributed by atoms with van der Waals surface area (Å²) in [4.78, 5) is 0. The van der Waals surface area contributed by atoms with E-state index in [9.17, 15) is 9.50 Å². The van der Waals surface area contributed by atoms with Crippen LogP contribution in [0, 0.1) is 24.1 Å². The summed E-state index contributed by atoms with van der Waals surface area (Å²) in [5.74, 6) is 0.230. The largest absolute Gasteiger partial charge is 0.489 e. The van der Waals surface area contributed by atoms with E-state index in [-0.39, 0.29) is 6.61 Å². The van der Waals surface area contributed by atoms with Crippen molar-refractivity contribution in [2.45, 2.75) is 26.6 Å². The minimum absolute atomic E-state index is 0.0518. The van der Waals surface area contributed by atoms with Crippen LogP contribution in [0.2, 0.25) is 0 Å². The van der Waals surface area contributed by atoms with Gasteiger partial charge in [-0.2, -0.15) is 5.26 Å². The van der Waals surface area contributed by atoms with Gasteiger partial charge in [0.25, 0.3) is 0 Å². The highest BCUT2D eigenvalue weighted by Gasteiger charge is 2.08. The van der Waals surface area contributed by atoms with E-state index in [0.29, 0.717) is 16.9 Å². The number of halogens is 1. The van der Waals surface area contributed by atoms with Crippen LogP contribution in [-0.4, -0.2) is 5.11 Å². The molecule has 0 aliphatic carbocycles. The lowest BCUT2D eigenvalue weighted by Gasteiger charge is -2.12. The number of aliphatic hydroxyl groups excluding tert-OH is 1. The molecule has 0 unspecified atom stereocenters. The molecule has 21 heavy (non-hydrogen) atoms. The van der Waals surface area contributed by atoms with Crippen molar-refractivity contribution in [2.75, 3.05) is 0 Å². The van der Waals surface area contributed by atoms with Gasteiger partial charge in [-0.05, 0) is 55.3 Å². The third-order valence-electron chi connectivity index (χ3n) is 3.24. The molecule has 0 bridgehead atoms. The Balaban J connectivity index is 2.15. The van der Waals surface area contributed by atoms with Crippen LogP contribution in [-0.2, 0) is 6.61 Å². The third kappa shape index (κ3) is 3.59. The molecule has 0 saturated heterocycles. The van der Waals surface area contributed by atoms with Crippen molar-refractivity contribution in [3.8, 4) is 11.8 Å². The van der Waals surface area contributed by atoms with Gasteiger partial charge in [-0.1, -0.05) is 6.07 Å². The van der Waals surface area contributed by atoms with Gasteiger partial charge in [0.2, 0.25) is 0 Å².